The molecule has 0 saturated carbocycles. The van der Waals surface area contributed by atoms with Crippen molar-refractivity contribution >= 4 is 34.8 Å². The van der Waals surface area contributed by atoms with Crippen molar-refractivity contribution in [2.75, 3.05) is 13.1 Å². The number of nitrogens with one attached hydrogen (secondary N) is 2. The number of amides is 2. The van der Waals surface area contributed by atoms with Crippen LogP contribution in [0.4, 0.5) is 0 Å². The van der Waals surface area contributed by atoms with Gasteiger partial charge in [0.2, 0.25) is 11.8 Å². The average molecular weight is 317 g/mol. The van der Waals surface area contributed by atoms with Gasteiger partial charge in [0, 0.05) is 17.8 Å². The second-order valence-corrected chi connectivity index (χ2v) is 7.62. The first-order chi connectivity index (χ1) is 9.26. The predicted molar refractivity (Wildman–Crippen MR) is 83.1 cm³/mol. The second kappa shape index (κ2) is 7.64. The molecule has 0 atom stereocenters. The Morgan fingerprint density at radius 3 is 2.45 bits per heavy atom. The SMILES string of the molecule is CC(C)(C)CC(=O)NCC(=O)NCCc1ccc(Cl)s1. The maximum atomic E-state index is 11.6. The molecule has 0 unspecified atom stereocenters. The van der Waals surface area contributed by atoms with E-state index in [4.69, 9.17) is 11.6 Å². The summed E-state index contributed by atoms with van der Waals surface area (Å²) in [6.07, 6.45) is 1.16. The van der Waals surface area contributed by atoms with Crippen LogP contribution in [0.3, 0.4) is 0 Å². The van der Waals surface area contributed by atoms with Gasteiger partial charge < -0.3 is 10.6 Å². The van der Waals surface area contributed by atoms with Crippen LogP contribution in [-0.2, 0) is 16.0 Å². The van der Waals surface area contributed by atoms with Crippen molar-refractivity contribution in [2.45, 2.75) is 33.6 Å². The van der Waals surface area contributed by atoms with Crippen LogP contribution in [-0.4, -0.2) is 24.9 Å². The molecule has 0 aromatic carbocycles. The van der Waals surface area contributed by atoms with Gasteiger partial charge in [0.05, 0.1) is 10.9 Å². The molecule has 6 heteroatoms. The average Bonchev–Trinajstić information content (AvgIpc) is 2.70. The standard InChI is InChI=1S/C14H21ClN2O2S/c1-14(2,3)8-12(18)17-9-13(19)16-7-6-10-4-5-11(15)20-10/h4-5H,6-9H2,1-3H3,(H,16,19)(H,17,18). The van der Waals surface area contributed by atoms with E-state index >= 15 is 0 Å². The van der Waals surface area contributed by atoms with Crippen LogP contribution in [0, 0.1) is 5.41 Å². The molecule has 1 rings (SSSR count). The molecule has 0 aliphatic heterocycles. The van der Waals surface area contributed by atoms with Crippen molar-refractivity contribution in [2.24, 2.45) is 5.41 Å². The van der Waals surface area contributed by atoms with Gasteiger partial charge in [-0.15, -0.1) is 11.3 Å². The lowest BCUT2D eigenvalue weighted by Gasteiger charge is -2.17. The minimum atomic E-state index is -0.171. The number of hydrogen-bond acceptors (Lipinski definition) is 3. The van der Waals surface area contributed by atoms with Crippen LogP contribution < -0.4 is 10.6 Å². The van der Waals surface area contributed by atoms with E-state index in [1.54, 1.807) is 0 Å². The number of halogens is 1. The van der Waals surface area contributed by atoms with Crippen LogP contribution in [0.5, 0.6) is 0 Å². The molecule has 0 aliphatic rings. The molecule has 112 valence electrons. The normalized spacial score (nSPS) is 11.2. The van der Waals surface area contributed by atoms with Gasteiger partial charge >= 0.3 is 0 Å². The maximum Gasteiger partial charge on any atom is 0.239 e. The second-order valence-electron chi connectivity index (χ2n) is 5.82. The summed E-state index contributed by atoms with van der Waals surface area (Å²) in [6, 6.07) is 3.79. The van der Waals surface area contributed by atoms with Gasteiger partial charge in [0.1, 0.15) is 0 Å². The molecule has 1 heterocycles. The van der Waals surface area contributed by atoms with Crippen molar-refractivity contribution in [1.82, 2.24) is 10.6 Å². The van der Waals surface area contributed by atoms with Crippen LogP contribution in [0.25, 0.3) is 0 Å². The van der Waals surface area contributed by atoms with E-state index in [0.717, 1.165) is 15.6 Å². The molecule has 1 aromatic rings. The Morgan fingerprint density at radius 1 is 1.20 bits per heavy atom. The van der Waals surface area contributed by atoms with Gasteiger partial charge in [-0.3, -0.25) is 9.59 Å². The van der Waals surface area contributed by atoms with E-state index in [2.05, 4.69) is 10.6 Å². The number of hydrogen-bond donors (Lipinski definition) is 2. The molecule has 2 N–H and O–H groups in total. The van der Waals surface area contributed by atoms with Gasteiger partial charge in [-0.25, -0.2) is 0 Å². The fraction of sp³-hybridized carbons (Fsp3) is 0.571. The molecule has 0 spiro atoms. The Hall–Kier alpha value is -1.07. The monoisotopic (exact) mass is 316 g/mol. The summed E-state index contributed by atoms with van der Waals surface area (Å²) in [6.45, 7) is 6.53. The molecule has 2 amide bonds. The summed E-state index contributed by atoms with van der Waals surface area (Å²) >= 11 is 7.33. The Labute approximate surface area is 128 Å². The van der Waals surface area contributed by atoms with E-state index in [1.165, 1.54) is 11.3 Å². The first kappa shape index (κ1) is 17.0. The maximum absolute atomic E-state index is 11.6. The van der Waals surface area contributed by atoms with E-state index in [0.29, 0.717) is 13.0 Å². The van der Waals surface area contributed by atoms with Gasteiger partial charge in [-0.1, -0.05) is 32.4 Å². The molecular weight excluding hydrogens is 296 g/mol. The summed E-state index contributed by atoms with van der Waals surface area (Å²) < 4.78 is 0.751. The van der Waals surface area contributed by atoms with Crippen LogP contribution in [0.2, 0.25) is 4.34 Å². The van der Waals surface area contributed by atoms with Gasteiger partial charge in [-0.05, 0) is 24.0 Å². The lowest BCUT2D eigenvalue weighted by atomic mass is 9.92. The molecule has 1 aromatic heterocycles. The zero-order valence-electron chi connectivity index (χ0n) is 12.1. The topological polar surface area (TPSA) is 58.2 Å². The highest BCUT2D eigenvalue weighted by atomic mass is 35.5. The first-order valence-corrected chi connectivity index (χ1v) is 7.73. The molecule has 0 aliphatic carbocycles. The Kier molecular flexibility index (Phi) is 6.49. The minimum absolute atomic E-state index is 0.0279. The Morgan fingerprint density at radius 2 is 1.90 bits per heavy atom. The van der Waals surface area contributed by atoms with Crippen LogP contribution in [0.15, 0.2) is 12.1 Å². The van der Waals surface area contributed by atoms with E-state index < -0.39 is 0 Å². The lowest BCUT2D eigenvalue weighted by Crippen LogP contribution is -2.38. The van der Waals surface area contributed by atoms with Crippen molar-refractivity contribution in [3.8, 4) is 0 Å². The van der Waals surface area contributed by atoms with Crippen LogP contribution in [0.1, 0.15) is 32.1 Å². The summed E-state index contributed by atoms with van der Waals surface area (Å²) in [4.78, 5) is 24.2. The highest BCUT2D eigenvalue weighted by Crippen LogP contribution is 2.21. The smallest absolute Gasteiger partial charge is 0.239 e. The summed E-state index contributed by atoms with van der Waals surface area (Å²) in [5.74, 6) is -0.271. The molecule has 20 heavy (non-hydrogen) atoms. The van der Waals surface area contributed by atoms with Gasteiger partial charge in [0.15, 0.2) is 0 Å². The van der Waals surface area contributed by atoms with Crippen molar-refractivity contribution in [3.63, 3.8) is 0 Å². The number of carbonyl (C=O) groups is 2. The van der Waals surface area contributed by atoms with Crippen molar-refractivity contribution in [1.29, 1.82) is 0 Å². The van der Waals surface area contributed by atoms with Gasteiger partial charge in [0.25, 0.3) is 0 Å². The quantitative estimate of drug-likeness (QED) is 0.847. The molecule has 4 nitrogen and oxygen atoms in total. The molecule has 0 saturated heterocycles. The fourth-order valence-electron chi connectivity index (χ4n) is 1.60. The summed E-state index contributed by atoms with van der Waals surface area (Å²) in [5.41, 5.74) is -0.0704. The largest absolute Gasteiger partial charge is 0.354 e. The molecule has 0 bridgehead atoms. The van der Waals surface area contributed by atoms with Crippen molar-refractivity contribution in [3.05, 3.63) is 21.3 Å². The number of carbonyl (C=O) groups excluding carboxylic acids is 2. The highest BCUT2D eigenvalue weighted by Gasteiger charge is 2.16. The predicted octanol–water partition coefficient (Wildman–Crippen LogP) is 2.61. The van der Waals surface area contributed by atoms with Crippen LogP contribution >= 0.6 is 22.9 Å². The van der Waals surface area contributed by atoms with Crippen molar-refractivity contribution < 1.29 is 9.59 Å². The Balaban J connectivity index is 2.16. The van der Waals surface area contributed by atoms with E-state index in [1.807, 2.05) is 32.9 Å². The summed E-state index contributed by atoms with van der Waals surface area (Å²) in [5, 5.41) is 5.39. The number of thiophene rings is 1. The fourth-order valence-corrected chi connectivity index (χ4v) is 2.68. The molecular formula is C14H21ClN2O2S. The molecule has 0 radical (unpaired) electrons. The van der Waals surface area contributed by atoms with E-state index in [9.17, 15) is 9.59 Å². The summed E-state index contributed by atoms with van der Waals surface area (Å²) in [7, 11) is 0. The minimum Gasteiger partial charge on any atom is -0.354 e. The zero-order valence-corrected chi connectivity index (χ0v) is 13.7. The third kappa shape index (κ3) is 7.50. The lowest BCUT2D eigenvalue weighted by molar-refractivity contribution is -0.127. The number of rotatable bonds is 6. The first-order valence-electron chi connectivity index (χ1n) is 6.54. The third-order valence-corrected chi connectivity index (χ3v) is 3.75. The molecule has 0 fully saturated rings. The van der Waals surface area contributed by atoms with Gasteiger partial charge in [-0.2, -0.15) is 0 Å². The third-order valence-electron chi connectivity index (χ3n) is 2.46. The zero-order chi connectivity index (χ0) is 15.2. The Bertz CT molecular complexity index is 466. The van der Waals surface area contributed by atoms with E-state index in [-0.39, 0.29) is 23.8 Å². The highest BCUT2D eigenvalue weighted by molar-refractivity contribution is 7.16.